The maximum atomic E-state index is 11.5. The molecule has 31 heavy (non-hydrogen) atoms. The Balaban J connectivity index is 1.74. The van der Waals surface area contributed by atoms with Crippen LogP contribution in [0.2, 0.25) is 0 Å². The fourth-order valence-electron chi connectivity index (χ4n) is 3.19. The van der Waals surface area contributed by atoms with Crippen LogP contribution in [0.4, 0.5) is 5.69 Å². The van der Waals surface area contributed by atoms with E-state index in [-0.39, 0.29) is 13.0 Å². The predicted molar refractivity (Wildman–Crippen MR) is 135 cm³/mol. The van der Waals surface area contributed by atoms with Crippen LogP contribution in [0.3, 0.4) is 0 Å². The molecule has 0 radical (unpaired) electrons. The number of halogens is 2. The molecule has 3 aromatic rings. The summed E-state index contributed by atoms with van der Waals surface area (Å²) in [6, 6.07) is 7.80. The number of aromatic nitrogens is 1. The summed E-state index contributed by atoms with van der Waals surface area (Å²) < 4.78 is 38.9. The molecule has 0 spiro atoms. The Kier molecular flexibility index (Phi) is 7.01. The van der Waals surface area contributed by atoms with Crippen LogP contribution in [-0.4, -0.2) is 36.3 Å². The van der Waals surface area contributed by atoms with E-state index in [9.17, 15) is 22.9 Å². The van der Waals surface area contributed by atoms with Crippen molar-refractivity contribution in [2.75, 3.05) is 17.2 Å². The van der Waals surface area contributed by atoms with Gasteiger partial charge in [-0.2, -0.15) is 4.57 Å². The van der Waals surface area contributed by atoms with Crippen molar-refractivity contribution in [2.24, 2.45) is 0 Å². The number of nitrogens with zero attached hydrogens (tertiary/aromatic N) is 2. The fraction of sp³-hybridized carbons (Fsp3) is 0.222. The molecule has 3 heterocycles. The molecule has 0 saturated heterocycles. The van der Waals surface area contributed by atoms with Crippen molar-refractivity contribution >= 4 is 111 Å². The number of benzene rings is 1. The molecule has 7 nitrogen and oxygen atoms in total. The zero-order valence-electron chi connectivity index (χ0n) is 15.6. The fourth-order valence-corrected chi connectivity index (χ4v) is 8.83. The lowest BCUT2D eigenvalue weighted by atomic mass is 10.3. The monoisotopic (exact) mass is 672 g/mol. The van der Waals surface area contributed by atoms with Crippen molar-refractivity contribution in [2.45, 2.75) is 17.2 Å². The summed E-state index contributed by atoms with van der Waals surface area (Å²) in [4.78, 5) is 13.5. The first-order valence-corrected chi connectivity index (χ1v) is 14.7. The number of hydrogen-bond donors (Lipinski definition) is 1. The summed E-state index contributed by atoms with van der Waals surface area (Å²) in [6.45, 7) is 0.212. The standard InChI is InChI=1S/C18H14BrIN2O5S4/c19-10-2-3-13-11(6-10)22(9-17(23)24)16(28-13)8-15-21(4-1-5-31(25,26)27)12-7-14(20)29-18(12)30-15/h2-3,6-8H,1,4-5,9H2,(H-,23,24,25,26,27). The SMILES string of the molecule is O=C(O)C[n+]1c(C=C2Sc3sc(I)cc3N2CCCS(=O)(=O)[O-])sc2ccc(Br)cc21. The zero-order valence-corrected chi connectivity index (χ0v) is 22.6. The number of rotatable bonds is 7. The van der Waals surface area contributed by atoms with Gasteiger partial charge >= 0.3 is 5.97 Å². The van der Waals surface area contributed by atoms with Crippen molar-refractivity contribution in [1.82, 2.24) is 0 Å². The summed E-state index contributed by atoms with van der Waals surface area (Å²) in [6.07, 6.45) is 2.15. The second-order valence-electron chi connectivity index (χ2n) is 6.61. The highest BCUT2D eigenvalue weighted by Gasteiger charge is 2.30. The molecule has 0 bridgehead atoms. The Bertz CT molecular complexity index is 1320. The van der Waals surface area contributed by atoms with Crippen LogP contribution in [0.15, 0.2) is 38.0 Å². The van der Waals surface area contributed by atoms with Gasteiger partial charge in [-0.1, -0.05) is 39.0 Å². The molecule has 164 valence electrons. The number of thiophene rings is 1. The largest absolute Gasteiger partial charge is 0.748 e. The summed E-state index contributed by atoms with van der Waals surface area (Å²) in [5.74, 6) is -1.36. The van der Waals surface area contributed by atoms with Crippen molar-refractivity contribution in [3.8, 4) is 0 Å². The van der Waals surface area contributed by atoms with Gasteiger partial charge in [-0.05, 0) is 47.2 Å². The van der Waals surface area contributed by atoms with Crippen LogP contribution in [0.5, 0.6) is 0 Å². The van der Waals surface area contributed by atoms with Gasteiger partial charge in [0.2, 0.25) is 12.1 Å². The van der Waals surface area contributed by atoms with E-state index in [0.717, 1.165) is 37.5 Å². The number of carboxylic acid groups (broad SMARTS) is 1. The van der Waals surface area contributed by atoms with Gasteiger partial charge in [-0.15, -0.1) is 11.3 Å². The van der Waals surface area contributed by atoms with Gasteiger partial charge in [0.15, 0.2) is 0 Å². The average molecular weight is 673 g/mol. The molecule has 0 saturated carbocycles. The second-order valence-corrected chi connectivity index (χ2v) is 14.3. The molecule has 4 rings (SSSR count). The van der Waals surface area contributed by atoms with Gasteiger partial charge in [0.1, 0.15) is 4.70 Å². The molecule has 1 aromatic carbocycles. The molecule has 0 fully saturated rings. The number of carbonyl (C=O) groups is 1. The minimum atomic E-state index is -4.28. The van der Waals surface area contributed by atoms with E-state index in [4.69, 9.17) is 0 Å². The van der Waals surface area contributed by atoms with Gasteiger partial charge in [0.25, 0.3) is 5.01 Å². The summed E-state index contributed by atoms with van der Waals surface area (Å²) in [5, 5.41) is 11.1. The van der Waals surface area contributed by atoms with E-state index < -0.39 is 21.8 Å². The van der Waals surface area contributed by atoms with Crippen LogP contribution in [0.25, 0.3) is 16.3 Å². The normalized spacial score (nSPS) is 15.2. The van der Waals surface area contributed by atoms with E-state index in [0.29, 0.717) is 6.54 Å². The highest BCUT2D eigenvalue weighted by Crippen LogP contribution is 2.51. The molecule has 0 amide bonds. The van der Waals surface area contributed by atoms with Crippen molar-refractivity contribution in [3.05, 3.63) is 41.7 Å². The number of aliphatic carboxylic acids is 1. The number of carboxylic acids is 1. The smallest absolute Gasteiger partial charge is 0.370 e. The third-order valence-corrected chi connectivity index (χ3v) is 9.93. The van der Waals surface area contributed by atoms with Gasteiger partial charge in [-0.3, -0.25) is 0 Å². The van der Waals surface area contributed by atoms with Gasteiger partial charge in [-0.25, -0.2) is 13.2 Å². The lowest BCUT2D eigenvalue weighted by Gasteiger charge is -2.20. The lowest BCUT2D eigenvalue weighted by Crippen LogP contribution is -2.39. The molecule has 1 aliphatic rings. The first kappa shape index (κ1) is 23.4. The molecule has 0 unspecified atom stereocenters. The maximum Gasteiger partial charge on any atom is 0.370 e. The van der Waals surface area contributed by atoms with E-state index in [1.54, 1.807) is 27.7 Å². The molecule has 0 aliphatic carbocycles. The van der Waals surface area contributed by atoms with E-state index >= 15 is 0 Å². The third kappa shape index (κ3) is 5.45. The van der Waals surface area contributed by atoms with Crippen LogP contribution >= 0.6 is 73.0 Å². The molecule has 1 N–H and O–H groups in total. The van der Waals surface area contributed by atoms with Crippen LogP contribution in [-0.2, 0) is 21.5 Å². The average Bonchev–Trinajstić information content (AvgIpc) is 3.26. The summed E-state index contributed by atoms with van der Waals surface area (Å²) in [5.41, 5.74) is 1.81. The van der Waals surface area contributed by atoms with Gasteiger partial charge in [0, 0.05) is 22.8 Å². The van der Waals surface area contributed by atoms with Crippen LogP contribution in [0, 0.1) is 2.88 Å². The number of thiazole rings is 1. The predicted octanol–water partition coefficient (Wildman–Crippen LogP) is 4.55. The second kappa shape index (κ2) is 9.27. The molecule has 1 aliphatic heterocycles. The lowest BCUT2D eigenvalue weighted by molar-refractivity contribution is -0.657. The molecule has 0 atom stereocenters. The van der Waals surface area contributed by atoms with Gasteiger partial charge in [0.05, 0.1) is 34.0 Å². The Morgan fingerprint density at radius 3 is 2.81 bits per heavy atom. The first-order chi connectivity index (χ1) is 14.6. The van der Waals surface area contributed by atoms with Crippen molar-refractivity contribution < 1.29 is 27.4 Å². The Hall–Kier alpha value is -0.710. The topological polar surface area (TPSA) is 102 Å². The Morgan fingerprint density at radius 1 is 1.32 bits per heavy atom. The summed E-state index contributed by atoms with van der Waals surface area (Å²) >= 11 is 10.4. The minimum absolute atomic E-state index is 0.172. The zero-order chi connectivity index (χ0) is 22.3. The van der Waals surface area contributed by atoms with Crippen molar-refractivity contribution in [1.29, 1.82) is 0 Å². The molecule has 13 heteroatoms. The van der Waals surface area contributed by atoms with E-state index in [1.165, 1.54) is 11.3 Å². The minimum Gasteiger partial charge on any atom is -0.748 e. The highest BCUT2D eigenvalue weighted by molar-refractivity contribution is 14.1. The number of fused-ring (bicyclic) bond motifs is 2. The number of hydrogen-bond acceptors (Lipinski definition) is 8. The number of thioether (sulfide) groups is 1. The highest BCUT2D eigenvalue weighted by atomic mass is 127. The van der Waals surface area contributed by atoms with E-state index in [1.807, 2.05) is 35.2 Å². The van der Waals surface area contributed by atoms with E-state index in [2.05, 4.69) is 38.5 Å². The number of anilines is 1. The third-order valence-electron chi connectivity index (χ3n) is 4.41. The maximum absolute atomic E-state index is 11.5. The van der Waals surface area contributed by atoms with Crippen molar-refractivity contribution in [3.63, 3.8) is 0 Å². The van der Waals surface area contributed by atoms with Crippen LogP contribution < -0.4 is 9.47 Å². The molecule has 2 aromatic heterocycles. The summed E-state index contributed by atoms with van der Waals surface area (Å²) in [7, 11) is -4.28. The molecular formula is C18H14BrIN2O5S4. The quantitative estimate of drug-likeness (QED) is 0.223. The Labute approximate surface area is 212 Å². The first-order valence-electron chi connectivity index (χ1n) is 8.84. The van der Waals surface area contributed by atoms with Crippen LogP contribution in [0.1, 0.15) is 11.4 Å². The van der Waals surface area contributed by atoms with Gasteiger partial charge < -0.3 is 14.6 Å². The molecular weight excluding hydrogens is 659 g/mol. The Morgan fingerprint density at radius 2 is 2.10 bits per heavy atom.